The van der Waals surface area contributed by atoms with Crippen LogP contribution in [-0.2, 0) is 9.53 Å². The van der Waals surface area contributed by atoms with Crippen LogP contribution in [0.25, 0.3) is 0 Å². The van der Waals surface area contributed by atoms with E-state index in [0.717, 1.165) is 24.0 Å². The van der Waals surface area contributed by atoms with Gasteiger partial charge in [0.1, 0.15) is 0 Å². The van der Waals surface area contributed by atoms with Crippen molar-refractivity contribution in [2.24, 2.45) is 0 Å². The lowest BCUT2D eigenvalue weighted by Gasteiger charge is -2.19. The molecule has 2 nitrogen and oxygen atoms in total. The number of carbonyl (C=O) groups is 1. The Bertz CT molecular complexity index is 838. The zero-order valence-electron chi connectivity index (χ0n) is 28.8. The first-order chi connectivity index (χ1) is 21.8. The minimum absolute atomic E-state index is 0.0907. The van der Waals surface area contributed by atoms with Crippen LogP contribution in [0.4, 0.5) is 0 Å². The minimum atomic E-state index is -0.325. The van der Waals surface area contributed by atoms with Crippen LogP contribution in [0.2, 0.25) is 0 Å². The van der Waals surface area contributed by atoms with Gasteiger partial charge in [0.25, 0.3) is 0 Å². The van der Waals surface area contributed by atoms with Gasteiger partial charge in [0.05, 0.1) is 0 Å². The van der Waals surface area contributed by atoms with Gasteiger partial charge in [-0.05, 0) is 17.5 Å². The van der Waals surface area contributed by atoms with Crippen molar-refractivity contribution < 1.29 is 9.53 Å². The third-order valence-electron chi connectivity index (χ3n) is 9.19. The predicted octanol–water partition coefficient (Wildman–Crippen LogP) is 13.9. The molecule has 0 heterocycles. The summed E-state index contributed by atoms with van der Waals surface area (Å²) in [5.74, 6) is -0.0907. The average molecular weight is 605 g/mol. The number of ether oxygens (including phenoxy) is 1. The SMILES string of the molecule is CCCCCCCCCCCCCCCCCCCCCCCCCCCCC(=O)OC(c1ccccc1)c1ccccc1. The highest BCUT2D eigenvalue weighted by molar-refractivity contribution is 5.70. The van der Waals surface area contributed by atoms with Crippen LogP contribution < -0.4 is 0 Å². The molecule has 0 aliphatic heterocycles. The van der Waals surface area contributed by atoms with Gasteiger partial charge in [0.2, 0.25) is 0 Å². The molecule has 0 bridgehead atoms. The van der Waals surface area contributed by atoms with Crippen LogP contribution in [0, 0.1) is 0 Å². The molecular weight excluding hydrogens is 536 g/mol. The molecule has 0 aliphatic rings. The molecule has 0 amide bonds. The zero-order valence-corrected chi connectivity index (χ0v) is 28.8. The third kappa shape index (κ3) is 20.8. The van der Waals surface area contributed by atoms with Crippen molar-refractivity contribution in [1.29, 1.82) is 0 Å². The van der Waals surface area contributed by atoms with Gasteiger partial charge in [0.15, 0.2) is 6.10 Å². The lowest BCUT2D eigenvalue weighted by atomic mass is 10.0. The van der Waals surface area contributed by atoms with Crippen molar-refractivity contribution in [2.45, 2.75) is 186 Å². The van der Waals surface area contributed by atoms with E-state index in [0.29, 0.717) is 6.42 Å². The summed E-state index contributed by atoms with van der Waals surface area (Å²) in [7, 11) is 0. The molecular formula is C42H68O2. The van der Waals surface area contributed by atoms with E-state index in [1.165, 1.54) is 154 Å². The fraction of sp³-hybridized carbons (Fsp3) is 0.690. The molecule has 0 saturated carbocycles. The number of hydrogen-bond donors (Lipinski definition) is 0. The number of carbonyl (C=O) groups excluding carboxylic acids is 1. The largest absolute Gasteiger partial charge is 0.453 e. The topological polar surface area (TPSA) is 26.3 Å². The van der Waals surface area contributed by atoms with E-state index in [9.17, 15) is 4.79 Å². The Morgan fingerprint density at radius 2 is 0.705 bits per heavy atom. The van der Waals surface area contributed by atoms with Gasteiger partial charge in [0, 0.05) is 6.42 Å². The number of benzene rings is 2. The molecule has 0 saturated heterocycles. The van der Waals surface area contributed by atoms with Gasteiger partial charge in [-0.15, -0.1) is 0 Å². The third-order valence-corrected chi connectivity index (χ3v) is 9.19. The van der Waals surface area contributed by atoms with E-state index >= 15 is 0 Å². The number of rotatable bonds is 30. The maximum absolute atomic E-state index is 12.6. The van der Waals surface area contributed by atoms with Crippen LogP contribution in [0.1, 0.15) is 198 Å². The normalized spacial score (nSPS) is 11.3. The second-order valence-electron chi connectivity index (χ2n) is 13.3. The van der Waals surface area contributed by atoms with Crippen LogP contribution in [0.15, 0.2) is 60.7 Å². The molecule has 248 valence electrons. The van der Waals surface area contributed by atoms with Crippen LogP contribution in [-0.4, -0.2) is 5.97 Å². The number of esters is 1. The summed E-state index contributed by atoms with van der Waals surface area (Å²) in [6, 6.07) is 20.1. The molecule has 2 rings (SSSR count). The van der Waals surface area contributed by atoms with Crippen molar-refractivity contribution in [3.8, 4) is 0 Å². The van der Waals surface area contributed by atoms with E-state index < -0.39 is 0 Å². The molecule has 0 aromatic heterocycles. The van der Waals surface area contributed by atoms with Crippen molar-refractivity contribution in [2.75, 3.05) is 0 Å². The quantitative estimate of drug-likeness (QED) is 0.0655. The second-order valence-corrected chi connectivity index (χ2v) is 13.3. The first-order valence-electron chi connectivity index (χ1n) is 19.1. The molecule has 0 fully saturated rings. The fourth-order valence-electron chi connectivity index (χ4n) is 6.36. The van der Waals surface area contributed by atoms with Crippen molar-refractivity contribution >= 4 is 5.97 Å². The van der Waals surface area contributed by atoms with Crippen molar-refractivity contribution in [1.82, 2.24) is 0 Å². The summed E-state index contributed by atoms with van der Waals surface area (Å²) in [5.41, 5.74) is 2.05. The maximum Gasteiger partial charge on any atom is 0.306 e. The second kappa shape index (κ2) is 28.4. The summed E-state index contributed by atoms with van der Waals surface area (Å²) < 4.78 is 5.94. The van der Waals surface area contributed by atoms with E-state index in [4.69, 9.17) is 4.74 Å². The first kappa shape index (κ1) is 38.1. The Labute approximate surface area is 273 Å². The highest BCUT2D eigenvalue weighted by Crippen LogP contribution is 2.26. The molecule has 2 aromatic rings. The fourth-order valence-corrected chi connectivity index (χ4v) is 6.36. The summed E-state index contributed by atoms with van der Waals surface area (Å²) in [5, 5.41) is 0. The highest BCUT2D eigenvalue weighted by atomic mass is 16.5. The van der Waals surface area contributed by atoms with Crippen molar-refractivity contribution in [3.05, 3.63) is 71.8 Å². The highest BCUT2D eigenvalue weighted by Gasteiger charge is 2.18. The molecule has 0 atom stereocenters. The molecule has 2 heteroatoms. The van der Waals surface area contributed by atoms with Gasteiger partial charge < -0.3 is 4.74 Å². The van der Waals surface area contributed by atoms with E-state index in [1.807, 2.05) is 60.7 Å². The van der Waals surface area contributed by atoms with Crippen LogP contribution >= 0.6 is 0 Å². The smallest absolute Gasteiger partial charge is 0.306 e. The van der Waals surface area contributed by atoms with Crippen LogP contribution in [0.5, 0.6) is 0 Å². The monoisotopic (exact) mass is 605 g/mol. The van der Waals surface area contributed by atoms with Gasteiger partial charge in [-0.3, -0.25) is 4.79 Å². The van der Waals surface area contributed by atoms with E-state index in [2.05, 4.69) is 6.92 Å². The molecule has 2 aromatic carbocycles. The molecule has 0 aliphatic carbocycles. The molecule has 0 N–H and O–H groups in total. The molecule has 0 radical (unpaired) electrons. The predicted molar refractivity (Wildman–Crippen MR) is 191 cm³/mol. The molecule has 0 unspecified atom stereocenters. The summed E-state index contributed by atoms with van der Waals surface area (Å²) in [4.78, 5) is 12.6. The van der Waals surface area contributed by atoms with Gasteiger partial charge in [-0.25, -0.2) is 0 Å². The summed E-state index contributed by atoms with van der Waals surface area (Å²) in [6.07, 6.45) is 36.4. The van der Waals surface area contributed by atoms with Crippen molar-refractivity contribution in [3.63, 3.8) is 0 Å². The number of hydrogen-bond acceptors (Lipinski definition) is 2. The van der Waals surface area contributed by atoms with Gasteiger partial charge >= 0.3 is 5.97 Å². The lowest BCUT2D eigenvalue weighted by Crippen LogP contribution is -2.12. The van der Waals surface area contributed by atoms with Gasteiger partial charge in [-0.1, -0.05) is 228 Å². The summed E-state index contributed by atoms with van der Waals surface area (Å²) in [6.45, 7) is 2.30. The van der Waals surface area contributed by atoms with E-state index in [-0.39, 0.29) is 12.1 Å². The lowest BCUT2D eigenvalue weighted by molar-refractivity contribution is -0.147. The van der Waals surface area contributed by atoms with E-state index in [1.54, 1.807) is 0 Å². The average Bonchev–Trinajstić information content (AvgIpc) is 3.06. The first-order valence-corrected chi connectivity index (χ1v) is 19.1. The van der Waals surface area contributed by atoms with Gasteiger partial charge in [-0.2, -0.15) is 0 Å². The standard InChI is InChI=1S/C42H68O2/c1-2-3-4-5-6-7-8-9-10-11-12-13-14-15-16-17-18-19-20-21-22-23-24-25-26-33-38-41(43)44-42(39-34-29-27-30-35-39)40-36-31-28-32-37-40/h27-32,34-37,42H,2-26,33,38H2,1H3. The Kier molecular flexibility index (Phi) is 24.6. The Morgan fingerprint density at radius 1 is 0.432 bits per heavy atom. The van der Waals surface area contributed by atoms with Crippen LogP contribution in [0.3, 0.4) is 0 Å². The Hall–Kier alpha value is -2.09. The minimum Gasteiger partial charge on any atom is -0.453 e. The Balaban J connectivity index is 1.30. The maximum atomic E-state index is 12.6. The molecule has 0 spiro atoms. The summed E-state index contributed by atoms with van der Waals surface area (Å²) >= 11 is 0. The Morgan fingerprint density at radius 3 is 1.00 bits per heavy atom. The number of unbranched alkanes of at least 4 members (excludes halogenated alkanes) is 25. The molecule has 44 heavy (non-hydrogen) atoms. The zero-order chi connectivity index (χ0) is 31.2.